The van der Waals surface area contributed by atoms with E-state index in [1.807, 2.05) is 24.3 Å². The number of carbonyl (C=O) groups excluding carboxylic acids is 2. The van der Waals surface area contributed by atoms with Gasteiger partial charge in [-0.25, -0.2) is 0 Å². The number of carbonyl (C=O) groups is 2. The van der Waals surface area contributed by atoms with Crippen molar-refractivity contribution in [3.63, 3.8) is 0 Å². The summed E-state index contributed by atoms with van der Waals surface area (Å²) in [6, 6.07) is 13.8. The van der Waals surface area contributed by atoms with Gasteiger partial charge in [0, 0.05) is 37.3 Å². The molecule has 206 valence electrons. The summed E-state index contributed by atoms with van der Waals surface area (Å²) in [5.41, 5.74) is 3.65. The Bertz CT molecular complexity index is 1360. The van der Waals surface area contributed by atoms with E-state index in [0.717, 1.165) is 52.1 Å². The molecule has 0 radical (unpaired) electrons. The van der Waals surface area contributed by atoms with Gasteiger partial charge in [0.25, 0.3) is 0 Å². The minimum absolute atomic E-state index is 0.130. The van der Waals surface area contributed by atoms with Crippen LogP contribution in [0.5, 0.6) is 0 Å². The molecule has 9 heteroatoms. The normalized spacial score (nSPS) is 11.0. The van der Waals surface area contributed by atoms with Gasteiger partial charge in [0.05, 0.1) is 0 Å². The third kappa shape index (κ3) is 8.24. The van der Waals surface area contributed by atoms with Gasteiger partial charge in [0.1, 0.15) is 0 Å². The smallest absolute Gasteiger partial charge is 0.423 e. The van der Waals surface area contributed by atoms with Crippen molar-refractivity contribution in [1.82, 2.24) is 21.3 Å². The first-order valence-electron chi connectivity index (χ1n) is 13.3. The lowest BCUT2D eigenvalue weighted by Crippen LogP contribution is -2.30. The average molecular weight is 530 g/mol. The van der Waals surface area contributed by atoms with Crippen LogP contribution in [0.3, 0.4) is 0 Å². The fourth-order valence-electron chi connectivity index (χ4n) is 4.47. The van der Waals surface area contributed by atoms with Gasteiger partial charge in [-0.2, -0.15) is 0 Å². The van der Waals surface area contributed by atoms with E-state index in [-0.39, 0.29) is 11.8 Å². The average Bonchev–Trinajstić information content (AvgIpc) is 2.92. The summed E-state index contributed by atoms with van der Waals surface area (Å²) in [6.45, 7) is 14.5. The summed E-state index contributed by atoms with van der Waals surface area (Å²) >= 11 is 0. The van der Waals surface area contributed by atoms with E-state index < -0.39 is 7.12 Å². The lowest BCUT2D eigenvalue weighted by Gasteiger charge is -2.19. The summed E-state index contributed by atoms with van der Waals surface area (Å²) in [7, 11) is -1.56. The fourth-order valence-corrected chi connectivity index (χ4v) is 4.47. The van der Waals surface area contributed by atoms with Crippen molar-refractivity contribution in [3.8, 4) is 0 Å². The van der Waals surface area contributed by atoms with Crippen molar-refractivity contribution in [1.29, 1.82) is 0 Å². The first kappa shape index (κ1) is 30.1. The van der Waals surface area contributed by atoms with Crippen LogP contribution in [0.25, 0.3) is 21.5 Å². The first-order chi connectivity index (χ1) is 18.7. The lowest BCUT2D eigenvalue weighted by molar-refractivity contribution is -0.118. The van der Waals surface area contributed by atoms with Gasteiger partial charge in [-0.15, -0.1) is 0 Å². The fraction of sp³-hybridized carbons (Fsp3) is 0.333. The molecule has 0 aliphatic rings. The predicted octanol–water partition coefficient (Wildman–Crippen LogP) is 2.02. The number of hydrogen-bond donors (Lipinski definition) is 6. The molecule has 0 saturated heterocycles. The molecule has 0 aliphatic carbocycles. The summed E-state index contributed by atoms with van der Waals surface area (Å²) in [5.74, 6) is -0.266. The third-order valence-electron chi connectivity index (χ3n) is 6.58. The Hall–Kier alpha value is -3.50. The molecule has 0 bridgehead atoms. The molecule has 0 aliphatic heterocycles. The van der Waals surface area contributed by atoms with E-state index >= 15 is 0 Å². The molecule has 0 atom stereocenters. The largest absolute Gasteiger partial charge is 0.488 e. The van der Waals surface area contributed by atoms with Crippen LogP contribution in [0, 0.1) is 0 Å². The number of nitrogens with one attached hydrogen (secondary N) is 4. The molecular formula is C30H39BN4O4. The number of fused-ring (bicyclic) bond motifs is 2. The van der Waals surface area contributed by atoms with Crippen molar-refractivity contribution in [2.75, 3.05) is 26.2 Å². The Labute approximate surface area is 230 Å². The minimum Gasteiger partial charge on any atom is -0.423 e. The Morgan fingerprint density at radius 2 is 1.18 bits per heavy atom. The highest BCUT2D eigenvalue weighted by Gasteiger charge is 2.17. The predicted molar refractivity (Wildman–Crippen MR) is 160 cm³/mol. The van der Waals surface area contributed by atoms with Gasteiger partial charge in [-0.1, -0.05) is 55.6 Å². The molecule has 0 saturated carbocycles. The van der Waals surface area contributed by atoms with E-state index in [4.69, 9.17) is 0 Å². The second-order valence-corrected chi connectivity index (χ2v) is 9.81. The first-order valence-corrected chi connectivity index (χ1v) is 13.3. The molecule has 0 aromatic heterocycles. The molecule has 6 N–H and O–H groups in total. The van der Waals surface area contributed by atoms with E-state index in [0.29, 0.717) is 49.3 Å². The SMILES string of the molecule is C=C(C)C(=O)NCCCNCc1c2ccccc2c(CNCCCNC(=O)C(=C)C)c2cc(B(O)O)ccc12. The number of rotatable bonds is 15. The van der Waals surface area contributed by atoms with Crippen molar-refractivity contribution in [2.24, 2.45) is 0 Å². The van der Waals surface area contributed by atoms with Crippen molar-refractivity contribution < 1.29 is 19.6 Å². The Balaban J connectivity index is 1.80. The van der Waals surface area contributed by atoms with Crippen molar-refractivity contribution in [2.45, 2.75) is 39.8 Å². The van der Waals surface area contributed by atoms with Crippen LogP contribution in [0.4, 0.5) is 0 Å². The van der Waals surface area contributed by atoms with Gasteiger partial charge in [0.15, 0.2) is 0 Å². The van der Waals surface area contributed by atoms with Gasteiger partial charge in [-0.05, 0) is 77.9 Å². The molecular weight excluding hydrogens is 491 g/mol. The Kier molecular flexibility index (Phi) is 11.3. The molecule has 8 nitrogen and oxygen atoms in total. The molecule has 0 fully saturated rings. The molecule has 0 heterocycles. The molecule has 3 aromatic rings. The second-order valence-electron chi connectivity index (χ2n) is 9.81. The number of amides is 2. The Morgan fingerprint density at radius 1 is 0.718 bits per heavy atom. The van der Waals surface area contributed by atoms with Crippen LogP contribution in [0.1, 0.15) is 37.8 Å². The van der Waals surface area contributed by atoms with Gasteiger partial charge < -0.3 is 31.3 Å². The number of hydrogen-bond acceptors (Lipinski definition) is 6. The molecule has 0 unspecified atom stereocenters. The maximum Gasteiger partial charge on any atom is 0.488 e. The lowest BCUT2D eigenvalue weighted by atomic mass is 9.78. The van der Waals surface area contributed by atoms with Gasteiger partial charge >= 0.3 is 7.12 Å². The van der Waals surface area contributed by atoms with Gasteiger partial charge in [-0.3, -0.25) is 9.59 Å². The molecule has 3 rings (SSSR count). The molecule has 2 amide bonds. The Morgan fingerprint density at radius 3 is 1.64 bits per heavy atom. The minimum atomic E-state index is -1.56. The van der Waals surface area contributed by atoms with Gasteiger partial charge in [0.2, 0.25) is 11.8 Å². The van der Waals surface area contributed by atoms with Crippen molar-refractivity contribution in [3.05, 3.63) is 77.9 Å². The summed E-state index contributed by atoms with van der Waals surface area (Å²) in [6.07, 6.45) is 1.55. The quantitative estimate of drug-likeness (QED) is 0.0774. The maximum atomic E-state index is 11.7. The van der Waals surface area contributed by atoms with Crippen LogP contribution in [-0.4, -0.2) is 55.2 Å². The zero-order chi connectivity index (χ0) is 28.4. The van der Waals surface area contributed by atoms with E-state index in [2.05, 4.69) is 46.6 Å². The molecule has 3 aromatic carbocycles. The van der Waals surface area contributed by atoms with E-state index in [9.17, 15) is 19.6 Å². The molecule has 39 heavy (non-hydrogen) atoms. The third-order valence-corrected chi connectivity index (χ3v) is 6.58. The zero-order valence-electron chi connectivity index (χ0n) is 22.9. The second kappa shape index (κ2) is 14.6. The summed E-state index contributed by atoms with van der Waals surface area (Å²) < 4.78 is 0. The standard InChI is InChI=1S/C30H39BN4O4/c1-20(2)29(36)34-15-7-13-32-18-27-23-9-5-6-10-24(23)28(19-33-14-8-16-35-30(37)21(3)4)26-17-22(31(38)39)11-12-25(26)27/h5-6,9-12,17,32-33,38-39H,1,3,7-8,13-16,18-19H2,2,4H3,(H,34,36)(H,35,37). The van der Waals surface area contributed by atoms with Crippen LogP contribution >= 0.6 is 0 Å². The van der Waals surface area contributed by atoms with Crippen LogP contribution < -0.4 is 26.7 Å². The monoisotopic (exact) mass is 530 g/mol. The maximum absolute atomic E-state index is 11.7. The highest BCUT2D eigenvalue weighted by molar-refractivity contribution is 6.59. The molecule has 0 spiro atoms. The topological polar surface area (TPSA) is 123 Å². The number of benzene rings is 3. The van der Waals surface area contributed by atoms with Crippen LogP contribution in [0.15, 0.2) is 66.8 Å². The van der Waals surface area contributed by atoms with Crippen molar-refractivity contribution >= 4 is 45.9 Å². The summed E-state index contributed by atoms with van der Waals surface area (Å²) in [4.78, 5) is 23.4. The zero-order valence-corrected chi connectivity index (χ0v) is 22.9. The van der Waals surface area contributed by atoms with Crippen LogP contribution in [-0.2, 0) is 22.7 Å². The highest BCUT2D eigenvalue weighted by Crippen LogP contribution is 2.32. The summed E-state index contributed by atoms with van der Waals surface area (Å²) in [5, 5.41) is 36.7. The van der Waals surface area contributed by atoms with E-state index in [1.165, 1.54) is 0 Å². The highest BCUT2D eigenvalue weighted by atomic mass is 16.4. The van der Waals surface area contributed by atoms with E-state index in [1.54, 1.807) is 19.9 Å². The van der Waals surface area contributed by atoms with Crippen LogP contribution in [0.2, 0.25) is 0 Å².